The van der Waals surface area contributed by atoms with Gasteiger partial charge in [-0.15, -0.1) is 0 Å². The van der Waals surface area contributed by atoms with Crippen molar-refractivity contribution in [1.82, 2.24) is 29.2 Å². The zero-order valence-electron chi connectivity index (χ0n) is 17.8. The molecular weight excluding hydrogens is 491 g/mol. The Morgan fingerprint density at radius 3 is 2.64 bits per heavy atom. The summed E-state index contributed by atoms with van der Waals surface area (Å²) in [6, 6.07) is 5.18. The third-order valence-electron chi connectivity index (χ3n) is 5.21. The fourth-order valence-corrected chi connectivity index (χ4v) is 4.11. The highest BCUT2D eigenvalue weighted by Crippen LogP contribution is 2.22. The normalized spacial score (nSPS) is 11.5. The number of hydrogen-bond donors (Lipinski definition) is 1. The molecule has 9 nitrogen and oxygen atoms in total. The second kappa shape index (κ2) is 10.1. The van der Waals surface area contributed by atoms with Gasteiger partial charge in [0, 0.05) is 36.0 Å². The molecule has 0 aliphatic heterocycles. The van der Waals surface area contributed by atoms with E-state index in [0.29, 0.717) is 47.6 Å². The number of aromatic nitrogens is 6. The molecule has 0 aliphatic rings. The van der Waals surface area contributed by atoms with Crippen LogP contribution in [0.3, 0.4) is 0 Å². The molecule has 0 saturated carbocycles. The van der Waals surface area contributed by atoms with Crippen LogP contribution in [0, 0.1) is 0 Å². The van der Waals surface area contributed by atoms with Crippen molar-refractivity contribution in [3.8, 4) is 0 Å². The van der Waals surface area contributed by atoms with Crippen LogP contribution in [-0.4, -0.2) is 29.2 Å². The molecule has 0 fully saturated rings. The summed E-state index contributed by atoms with van der Waals surface area (Å²) in [6.07, 6.45) is 2.90. The van der Waals surface area contributed by atoms with Gasteiger partial charge in [0.15, 0.2) is 17.0 Å². The van der Waals surface area contributed by atoms with Gasteiger partial charge in [0.1, 0.15) is 0 Å². The van der Waals surface area contributed by atoms with E-state index >= 15 is 0 Å². The summed E-state index contributed by atoms with van der Waals surface area (Å²) in [5.74, 6) is 0.884. The standard InChI is InChI=1S/C21H21Cl3N6O3/c1-2-3-8-29-18-17(26-20(24)27-18)19(31)30(21(29)32)9-4-5-16-25-15(28-33-16)11-12-10-13(22)6-7-14(12)23/h6-7,10H,2-5,8-9,11H2,1H3,(H,26,27). The van der Waals surface area contributed by atoms with Crippen molar-refractivity contribution in [3.05, 3.63) is 71.6 Å². The molecule has 0 atom stereocenters. The van der Waals surface area contributed by atoms with Gasteiger partial charge in [-0.2, -0.15) is 9.97 Å². The predicted molar refractivity (Wildman–Crippen MR) is 126 cm³/mol. The number of aromatic amines is 1. The Morgan fingerprint density at radius 1 is 1.06 bits per heavy atom. The largest absolute Gasteiger partial charge is 0.339 e. The predicted octanol–water partition coefficient (Wildman–Crippen LogP) is 4.25. The summed E-state index contributed by atoms with van der Waals surface area (Å²) >= 11 is 18.2. The van der Waals surface area contributed by atoms with Crippen LogP contribution >= 0.6 is 34.8 Å². The first-order chi connectivity index (χ1) is 15.9. The average molecular weight is 512 g/mol. The van der Waals surface area contributed by atoms with Crippen molar-refractivity contribution >= 4 is 46.0 Å². The minimum absolute atomic E-state index is 0.0719. The van der Waals surface area contributed by atoms with Gasteiger partial charge in [0.2, 0.25) is 11.2 Å². The molecule has 0 spiro atoms. The molecule has 4 aromatic rings. The van der Waals surface area contributed by atoms with Crippen LogP contribution in [0.5, 0.6) is 0 Å². The number of benzene rings is 1. The zero-order chi connectivity index (χ0) is 23.5. The first-order valence-corrected chi connectivity index (χ1v) is 11.6. The minimum Gasteiger partial charge on any atom is -0.339 e. The lowest BCUT2D eigenvalue weighted by Crippen LogP contribution is -2.40. The van der Waals surface area contributed by atoms with Gasteiger partial charge in [-0.05, 0) is 48.2 Å². The van der Waals surface area contributed by atoms with Gasteiger partial charge < -0.3 is 9.51 Å². The molecule has 3 heterocycles. The Morgan fingerprint density at radius 2 is 1.85 bits per heavy atom. The number of nitrogens with zero attached hydrogens (tertiary/aromatic N) is 5. The molecule has 0 saturated heterocycles. The monoisotopic (exact) mass is 510 g/mol. The van der Waals surface area contributed by atoms with Crippen molar-refractivity contribution in [2.24, 2.45) is 0 Å². The fourth-order valence-electron chi connectivity index (χ4n) is 3.55. The van der Waals surface area contributed by atoms with Gasteiger partial charge >= 0.3 is 5.69 Å². The summed E-state index contributed by atoms with van der Waals surface area (Å²) in [5, 5.41) is 5.20. The first-order valence-electron chi connectivity index (χ1n) is 10.5. The smallest absolute Gasteiger partial charge is 0.332 e. The van der Waals surface area contributed by atoms with Crippen LogP contribution in [0.4, 0.5) is 0 Å². The second-order valence-corrected chi connectivity index (χ2v) is 8.79. The highest BCUT2D eigenvalue weighted by molar-refractivity contribution is 6.33. The van der Waals surface area contributed by atoms with Crippen LogP contribution in [0.1, 0.15) is 43.5 Å². The van der Waals surface area contributed by atoms with E-state index in [1.165, 1.54) is 9.13 Å². The molecule has 174 valence electrons. The molecule has 0 radical (unpaired) electrons. The van der Waals surface area contributed by atoms with Gasteiger partial charge in [-0.3, -0.25) is 13.9 Å². The van der Waals surface area contributed by atoms with Crippen molar-refractivity contribution in [2.75, 3.05) is 0 Å². The molecule has 3 aromatic heterocycles. The third kappa shape index (κ3) is 5.15. The topological polar surface area (TPSA) is 112 Å². The molecule has 0 aliphatic carbocycles. The van der Waals surface area contributed by atoms with E-state index in [1.54, 1.807) is 18.2 Å². The lowest BCUT2D eigenvalue weighted by Gasteiger charge is -2.10. The highest BCUT2D eigenvalue weighted by atomic mass is 35.5. The number of nitrogens with one attached hydrogen (secondary N) is 1. The van der Waals surface area contributed by atoms with E-state index in [0.717, 1.165) is 18.4 Å². The van der Waals surface area contributed by atoms with E-state index in [1.807, 2.05) is 6.92 Å². The Labute approximate surface area is 203 Å². The lowest BCUT2D eigenvalue weighted by molar-refractivity contribution is 0.367. The maximum Gasteiger partial charge on any atom is 0.332 e. The number of imidazole rings is 1. The fraction of sp³-hybridized carbons (Fsp3) is 0.381. The van der Waals surface area contributed by atoms with Crippen molar-refractivity contribution in [1.29, 1.82) is 0 Å². The average Bonchev–Trinajstić information content (AvgIpc) is 3.39. The highest BCUT2D eigenvalue weighted by Gasteiger charge is 2.17. The molecule has 0 unspecified atom stereocenters. The van der Waals surface area contributed by atoms with Gasteiger partial charge in [0.25, 0.3) is 5.56 Å². The van der Waals surface area contributed by atoms with Gasteiger partial charge in [0.05, 0.1) is 0 Å². The van der Waals surface area contributed by atoms with Crippen LogP contribution in [0.25, 0.3) is 11.2 Å². The van der Waals surface area contributed by atoms with E-state index < -0.39 is 11.2 Å². The molecule has 12 heteroatoms. The number of fused-ring (bicyclic) bond motifs is 1. The maximum atomic E-state index is 13.0. The Bertz CT molecular complexity index is 1400. The number of H-pyrrole nitrogens is 1. The van der Waals surface area contributed by atoms with Crippen molar-refractivity contribution < 1.29 is 4.52 Å². The van der Waals surface area contributed by atoms with Crippen molar-refractivity contribution in [3.63, 3.8) is 0 Å². The zero-order valence-corrected chi connectivity index (χ0v) is 20.0. The Hall–Kier alpha value is -2.62. The number of aryl methyl sites for hydroxylation is 2. The molecular formula is C21H21Cl3N6O3. The van der Waals surface area contributed by atoms with Crippen LogP contribution in [-0.2, 0) is 25.9 Å². The van der Waals surface area contributed by atoms with Crippen LogP contribution in [0.15, 0.2) is 32.3 Å². The number of unbranched alkanes of at least 4 members (excludes halogenated alkanes) is 1. The van der Waals surface area contributed by atoms with Gasteiger partial charge in [-0.1, -0.05) is 41.7 Å². The van der Waals surface area contributed by atoms with E-state index in [4.69, 9.17) is 39.3 Å². The number of halogens is 3. The molecule has 33 heavy (non-hydrogen) atoms. The van der Waals surface area contributed by atoms with E-state index in [9.17, 15) is 9.59 Å². The summed E-state index contributed by atoms with van der Waals surface area (Å²) in [7, 11) is 0. The molecule has 0 amide bonds. The quantitative estimate of drug-likeness (QED) is 0.336. The maximum absolute atomic E-state index is 13.0. The summed E-state index contributed by atoms with van der Waals surface area (Å²) < 4.78 is 7.99. The summed E-state index contributed by atoms with van der Waals surface area (Å²) in [4.78, 5) is 37.1. The third-order valence-corrected chi connectivity index (χ3v) is 5.99. The van der Waals surface area contributed by atoms with Gasteiger partial charge in [-0.25, -0.2) is 4.79 Å². The second-order valence-electron chi connectivity index (χ2n) is 7.59. The number of hydrogen-bond acceptors (Lipinski definition) is 6. The van der Waals surface area contributed by atoms with E-state index in [-0.39, 0.29) is 23.0 Å². The Balaban J connectivity index is 1.49. The van der Waals surface area contributed by atoms with Crippen LogP contribution < -0.4 is 11.2 Å². The van der Waals surface area contributed by atoms with E-state index in [2.05, 4.69) is 20.1 Å². The molecule has 1 N–H and O–H groups in total. The summed E-state index contributed by atoms with van der Waals surface area (Å²) in [6.45, 7) is 2.66. The number of rotatable bonds is 9. The first kappa shape index (κ1) is 23.5. The van der Waals surface area contributed by atoms with Crippen LogP contribution in [0.2, 0.25) is 15.3 Å². The SMILES string of the molecule is CCCCn1c(=O)n(CCCc2nc(Cc3cc(Cl)ccc3Cl)no2)c(=O)c2[nH]c(Cl)nc21. The lowest BCUT2D eigenvalue weighted by atomic mass is 10.1. The van der Waals surface area contributed by atoms with Crippen molar-refractivity contribution in [2.45, 2.75) is 52.1 Å². The molecule has 0 bridgehead atoms. The Kier molecular flexibility index (Phi) is 7.21. The molecule has 4 rings (SSSR count). The minimum atomic E-state index is -0.455. The molecule has 1 aromatic carbocycles. The summed E-state index contributed by atoms with van der Waals surface area (Å²) in [5.41, 5.74) is 0.423.